The fraction of sp³-hybridized carbons (Fsp3) is 0.200. The number of fused-ring (bicyclic) bond motifs is 1. The highest BCUT2D eigenvalue weighted by Crippen LogP contribution is 2.30. The largest absolute Gasteiger partial charge is 0.349 e. The van der Waals surface area contributed by atoms with E-state index in [2.05, 4.69) is 38.7 Å². The van der Waals surface area contributed by atoms with E-state index >= 15 is 0 Å². The predicted molar refractivity (Wildman–Crippen MR) is 126 cm³/mol. The number of hydrogen-bond donors (Lipinski definition) is 1. The zero-order valence-corrected chi connectivity index (χ0v) is 18.3. The number of nitrogens with one attached hydrogen (secondary N) is 1. The number of carbonyl (C=O) groups excluding carboxylic acids is 1. The molecule has 0 saturated heterocycles. The van der Waals surface area contributed by atoms with E-state index in [9.17, 15) is 4.79 Å². The third-order valence-electron chi connectivity index (χ3n) is 5.60. The Labute approximate surface area is 191 Å². The number of aryl methyl sites for hydroxylation is 1. The Hall–Kier alpha value is -3.45. The lowest BCUT2D eigenvalue weighted by atomic mass is 9.88. The molecule has 5 rings (SSSR count). The van der Waals surface area contributed by atoms with Crippen LogP contribution in [0.5, 0.6) is 0 Å². The van der Waals surface area contributed by atoms with Crippen LogP contribution in [-0.4, -0.2) is 31.4 Å². The van der Waals surface area contributed by atoms with E-state index in [1.807, 2.05) is 53.1 Å². The lowest BCUT2D eigenvalue weighted by molar-refractivity contribution is -0.119. The molecule has 1 atom stereocenters. The van der Waals surface area contributed by atoms with E-state index in [1.165, 1.54) is 22.9 Å². The van der Waals surface area contributed by atoms with Crippen LogP contribution in [-0.2, 0) is 11.2 Å². The summed E-state index contributed by atoms with van der Waals surface area (Å²) in [7, 11) is 0. The number of rotatable bonds is 6. The lowest BCUT2D eigenvalue weighted by Gasteiger charge is -2.26. The van der Waals surface area contributed by atoms with Crippen molar-refractivity contribution in [3.8, 4) is 17.1 Å². The molecular weight excluding hydrogens is 418 g/mol. The average molecular weight is 442 g/mol. The summed E-state index contributed by atoms with van der Waals surface area (Å²) in [6.07, 6.45) is 6.64. The van der Waals surface area contributed by atoms with Crippen LogP contribution in [0.4, 0.5) is 0 Å². The molecule has 2 heterocycles. The van der Waals surface area contributed by atoms with Gasteiger partial charge in [-0.1, -0.05) is 54.2 Å². The van der Waals surface area contributed by atoms with Crippen molar-refractivity contribution in [2.24, 2.45) is 0 Å². The fourth-order valence-electron chi connectivity index (χ4n) is 4.13. The highest BCUT2D eigenvalue weighted by atomic mass is 32.2. The number of nitrogens with zero attached hydrogens (tertiary/aromatic N) is 4. The van der Waals surface area contributed by atoms with Crippen molar-refractivity contribution in [1.29, 1.82) is 0 Å². The minimum absolute atomic E-state index is 0.00208. The van der Waals surface area contributed by atoms with E-state index < -0.39 is 0 Å². The summed E-state index contributed by atoms with van der Waals surface area (Å²) >= 11 is 1.39. The third kappa shape index (κ3) is 4.29. The van der Waals surface area contributed by atoms with Gasteiger partial charge in [-0.15, -0.1) is 10.2 Å². The first-order valence-electron chi connectivity index (χ1n) is 10.7. The van der Waals surface area contributed by atoms with Crippen molar-refractivity contribution < 1.29 is 4.79 Å². The van der Waals surface area contributed by atoms with Crippen LogP contribution < -0.4 is 5.32 Å². The second-order valence-corrected chi connectivity index (χ2v) is 8.66. The summed E-state index contributed by atoms with van der Waals surface area (Å²) in [6.45, 7) is 0. The van der Waals surface area contributed by atoms with Gasteiger partial charge in [-0.05, 0) is 54.7 Å². The van der Waals surface area contributed by atoms with Crippen molar-refractivity contribution in [2.75, 3.05) is 5.75 Å². The van der Waals surface area contributed by atoms with Crippen LogP contribution in [0.1, 0.15) is 30.0 Å². The van der Waals surface area contributed by atoms with Gasteiger partial charge in [0.15, 0.2) is 11.0 Å². The van der Waals surface area contributed by atoms with Crippen molar-refractivity contribution in [1.82, 2.24) is 25.1 Å². The van der Waals surface area contributed by atoms with Crippen LogP contribution >= 0.6 is 11.8 Å². The molecule has 4 aromatic rings. The molecule has 1 N–H and O–H groups in total. The molecule has 2 aromatic heterocycles. The Morgan fingerprint density at radius 1 is 1.03 bits per heavy atom. The maximum absolute atomic E-state index is 12.8. The molecule has 1 amide bonds. The second-order valence-electron chi connectivity index (χ2n) is 7.72. The lowest BCUT2D eigenvalue weighted by Crippen LogP contribution is -2.32. The topological polar surface area (TPSA) is 72.7 Å². The van der Waals surface area contributed by atoms with Crippen LogP contribution in [0, 0.1) is 0 Å². The monoisotopic (exact) mass is 441 g/mol. The molecule has 0 fully saturated rings. The molecule has 0 unspecified atom stereocenters. The molecule has 160 valence electrons. The predicted octanol–water partition coefficient (Wildman–Crippen LogP) is 4.62. The number of para-hydroxylation sites is 1. The number of thioether (sulfide) groups is 1. The summed E-state index contributed by atoms with van der Waals surface area (Å²) in [5.41, 5.74) is 4.39. The van der Waals surface area contributed by atoms with Crippen molar-refractivity contribution in [2.45, 2.75) is 30.5 Å². The quantitative estimate of drug-likeness (QED) is 0.442. The maximum Gasteiger partial charge on any atom is 0.230 e. The zero-order chi connectivity index (χ0) is 21.8. The van der Waals surface area contributed by atoms with Crippen molar-refractivity contribution in [3.05, 3.63) is 90.3 Å². The highest BCUT2D eigenvalue weighted by molar-refractivity contribution is 7.99. The fourth-order valence-corrected chi connectivity index (χ4v) is 4.89. The van der Waals surface area contributed by atoms with E-state index in [0.717, 1.165) is 30.5 Å². The number of benzene rings is 2. The van der Waals surface area contributed by atoms with Gasteiger partial charge in [0, 0.05) is 23.6 Å². The molecule has 0 saturated carbocycles. The summed E-state index contributed by atoms with van der Waals surface area (Å²) in [5.74, 6) is 0.979. The third-order valence-corrected chi connectivity index (χ3v) is 6.53. The molecule has 32 heavy (non-hydrogen) atoms. The van der Waals surface area contributed by atoms with Gasteiger partial charge in [-0.25, -0.2) is 0 Å². The maximum atomic E-state index is 12.8. The molecule has 6 nitrogen and oxygen atoms in total. The van der Waals surface area contributed by atoms with Gasteiger partial charge in [-0.2, -0.15) is 0 Å². The Bertz CT molecular complexity index is 1210. The molecule has 0 spiro atoms. The zero-order valence-electron chi connectivity index (χ0n) is 17.5. The smallest absolute Gasteiger partial charge is 0.230 e. The molecule has 0 bridgehead atoms. The van der Waals surface area contributed by atoms with E-state index in [0.29, 0.717) is 11.0 Å². The summed E-state index contributed by atoms with van der Waals surface area (Å²) < 4.78 is 1.98. The molecule has 2 aromatic carbocycles. The standard InChI is InChI=1S/C25H23N5OS/c31-23(27-22-14-6-9-18-8-4-5-13-21(18)22)17-32-25-29-28-24(19-10-7-15-26-16-19)30(25)20-11-2-1-3-12-20/h1-5,7-8,10-13,15-16,22H,6,9,14,17H2,(H,27,31)/t22-/m1/s1. The summed E-state index contributed by atoms with van der Waals surface area (Å²) in [4.78, 5) is 17.0. The number of aromatic nitrogens is 4. The minimum Gasteiger partial charge on any atom is -0.349 e. The van der Waals surface area contributed by atoms with Gasteiger partial charge in [0.05, 0.1) is 11.8 Å². The molecule has 1 aliphatic carbocycles. The van der Waals surface area contributed by atoms with E-state index in [1.54, 1.807) is 12.4 Å². The Kier molecular flexibility index (Phi) is 5.98. The van der Waals surface area contributed by atoms with Crippen molar-refractivity contribution in [3.63, 3.8) is 0 Å². The minimum atomic E-state index is 0.00208. The van der Waals surface area contributed by atoms with Crippen LogP contribution in [0.15, 0.2) is 84.3 Å². The number of hydrogen-bond acceptors (Lipinski definition) is 5. The highest BCUT2D eigenvalue weighted by Gasteiger charge is 2.22. The van der Waals surface area contributed by atoms with E-state index in [4.69, 9.17) is 0 Å². The van der Waals surface area contributed by atoms with Gasteiger partial charge >= 0.3 is 0 Å². The Morgan fingerprint density at radius 3 is 2.72 bits per heavy atom. The second kappa shape index (κ2) is 9.36. The SMILES string of the molecule is O=C(CSc1nnc(-c2cccnc2)n1-c1ccccc1)N[C@@H]1CCCc2ccccc21. The van der Waals surface area contributed by atoms with Gasteiger partial charge in [0.25, 0.3) is 0 Å². The first kappa shape index (κ1) is 20.5. The summed E-state index contributed by atoms with van der Waals surface area (Å²) in [5, 5.41) is 12.7. The Balaban J connectivity index is 1.35. The molecule has 1 aliphatic rings. The molecular formula is C25H23N5OS. The molecule has 0 aliphatic heterocycles. The van der Waals surface area contributed by atoms with E-state index in [-0.39, 0.29) is 17.7 Å². The van der Waals surface area contributed by atoms with Crippen LogP contribution in [0.2, 0.25) is 0 Å². The molecule has 0 radical (unpaired) electrons. The average Bonchev–Trinajstić information content (AvgIpc) is 3.28. The van der Waals surface area contributed by atoms with Crippen LogP contribution in [0.3, 0.4) is 0 Å². The first-order chi connectivity index (χ1) is 15.8. The normalized spacial score (nSPS) is 15.2. The summed E-state index contributed by atoms with van der Waals surface area (Å²) in [6, 6.07) is 22.2. The van der Waals surface area contributed by atoms with Gasteiger partial charge in [0.1, 0.15) is 0 Å². The van der Waals surface area contributed by atoms with Gasteiger partial charge < -0.3 is 5.32 Å². The van der Waals surface area contributed by atoms with Crippen molar-refractivity contribution >= 4 is 17.7 Å². The number of amides is 1. The number of carbonyl (C=O) groups is 1. The first-order valence-corrected chi connectivity index (χ1v) is 11.7. The van der Waals surface area contributed by atoms with Crippen LogP contribution in [0.25, 0.3) is 17.1 Å². The Morgan fingerprint density at radius 2 is 1.88 bits per heavy atom. The van der Waals surface area contributed by atoms with Gasteiger partial charge in [0.2, 0.25) is 5.91 Å². The molecule has 7 heteroatoms. The van der Waals surface area contributed by atoms with Gasteiger partial charge in [-0.3, -0.25) is 14.3 Å². The number of pyridine rings is 1.